The van der Waals surface area contributed by atoms with Crippen LogP contribution in [0.4, 0.5) is 11.5 Å². The summed E-state index contributed by atoms with van der Waals surface area (Å²) in [5, 5.41) is 11.6. The first kappa shape index (κ1) is 17.7. The van der Waals surface area contributed by atoms with E-state index in [1.54, 1.807) is 13.0 Å². The molecule has 0 aliphatic carbocycles. The zero-order valence-electron chi connectivity index (χ0n) is 14.9. The summed E-state index contributed by atoms with van der Waals surface area (Å²) in [6.07, 6.45) is 5.21. The van der Waals surface area contributed by atoms with Gasteiger partial charge >= 0.3 is 0 Å². The molecule has 0 atom stereocenters. The lowest BCUT2D eigenvalue weighted by molar-refractivity contribution is -0.385. The van der Waals surface area contributed by atoms with Crippen molar-refractivity contribution in [3.63, 3.8) is 0 Å². The summed E-state index contributed by atoms with van der Waals surface area (Å²) in [6, 6.07) is 5.54. The molecule has 1 saturated heterocycles. The third-order valence-electron chi connectivity index (χ3n) is 4.81. The number of aryl methyl sites for hydroxylation is 1. The van der Waals surface area contributed by atoms with E-state index in [1.807, 2.05) is 28.9 Å². The minimum atomic E-state index is -0.397. The van der Waals surface area contributed by atoms with Gasteiger partial charge in [-0.1, -0.05) is 11.6 Å². The van der Waals surface area contributed by atoms with Gasteiger partial charge in [-0.25, -0.2) is 9.97 Å². The Labute approximate surface area is 161 Å². The Balaban J connectivity index is 1.39. The van der Waals surface area contributed by atoms with E-state index in [0.29, 0.717) is 10.6 Å². The van der Waals surface area contributed by atoms with Gasteiger partial charge in [-0.05, 0) is 25.1 Å². The van der Waals surface area contributed by atoms with E-state index >= 15 is 0 Å². The number of nitrogens with zero attached hydrogens (tertiary/aromatic N) is 6. The van der Waals surface area contributed by atoms with Gasteiger partial charge in [0, 0.05) is 50.7 Å². The number of hydrogen-bond donors (Lipinski definition) is 0. The van der Waals surface area contributed by atoms with Crippen molar-refractivity contribution in [2.45, 2.75) is 13.5 Å². The minimum Gasteiger partial charge on any atom is -0.354 e. The van der Waals surface area contributed by atoms with Crippen molar-refractivity contribution in [3.8, 4) is 0 Å². The van der Waals surface area contributed by atoms with Crippen LogP contribution in [-0.2, 0) is 6.54 Å². The number of imidazole rings is 1. The molecule has 0 unspecified atom stereocenters. The number of halogens is 1. The standard InChI is InChI=1S/C18H19ClN6O2/c1-13-8-18(20-9-16(13)25(26)27)23-6-4-22(5-7-23)11-15-12-24-10-14(19)2-3-17(24)21-15/h2-3,8-10,12H,4-7,11H2,1H3. The van der Waals surface area contributed by atoms with E-state index in [-0.39, 0.29) is 5.69 Å². The molecule has 1 aliphatic rings. The lowest BCUT2D eigenvalue weighted by atomic mass is 10.2. The summed E-state index contributed by atoms with van der Waals surface area (Å²) in [7, 11) is 0. The van der Waals surface area contributed by atoms with Crippen molar-refractivity contribution in [2.75, 3.05) is 31.1 Å². The average Bonchev–Trinajstić information content (AvgIpc) is 3.03. The summed E-state index contributed by atoms with van der Waals surface area (Å²) < 4.78 is 1.94. The molecule has 0 aromatic carbocycles. The molecule has 4 rings (SSSR count). The molecular formula is C18H19ClN6O2. The van der Waals surface area contributed by atoms with E-state index in [1.165, 1.54) is 6.20 Å². The minimum absolute atomic E-state index is 0.0596. The summed E-state index contributed by atoms with van der Waals surface area (Å²) in [5.74, 6) is 0.792. The Bertz CT molecular complexity index is 997. The molecule has 8 nitrogen and oxygen atoms in total. The fourth-order valence-electron chi connectivity index (χ4n) is 3.36. The van der Waals surface area contributed by atoms with Gasteiger partial charge in [-0.15, -0.1) is 0 Å². The van der Waals surface area contributed by atoms with Crippen LogP contribution in [0.25, 0.3) is 5.65 Å². The fourth-order valence-corrected chi connectivity index (χ4v) is 3.52. The second-order valence-electron chi connectivity index (χ2n) is 6.69. The van der Waals surface area contributed by atoms with Gasteiger partial charge in [-0.2, -0.15) is 0 Å². The number of rotatable bonds is 4. The molecule has 0 spiro atoms. The number of anilines is 1. The average molecular weight is 387 g/mol. The lowest BCUT2D eigenvalue weighted by Gasteiger charge is -2.35. The summed E-state index contributed by atoms with van der Waals surface area (Å²) in [6.45, 7) is 5.93. The molecule has 0 saturated carbocycles. The van der Waals surface area contributed by atoms with Crippen molar-refractivity contribution in [1.82, 2.24) is 19.3 Å². The second-order valence-corrected chi connectivity index (χ2v) is 7.13. The van der Waals surface area contributed by atoms with Gasteiger partial charge in [0.2, 0.25) is 0 Å². The number of nitro groups is 1. The first-order valence-electron chi connectivity index (χ1n) is 8.71. The normalized spacial score (nSPS) is 15.4. The van der Waals surface area contributed by atoms with Crippen LogP contribution in [0.3, 0.4) is 0 Å². The quantitative estimate of drug-likeness (QED) is 0.506. The van der Waals surface area contributed by atoms with Crippen molar-refractivity contribution in [2.24, 2.45) is 0 Å². The number of piperazine rings is 1. The molecule has 9 heteroatoms. The van der Waals surface area contributed by atoms with Crippen LogP contribution >= 0.6 is 11.6 Å². The van der Waals surface area contributed by atoms with E-state index < -0.39 is 4.92 Å². The van der Waals surface area contributed by atoms with Crippen LogP contribution in [0, 0.1) is 17.0 Å². The van der Waals surface area contributed by atoms with Crippen molar-refractivity contribution in [3.05, 3.63) is 63.2 Å². The molecular weight excluding hydrogens is 368 g/mol. The molecule has 4 heterocycles. The third kappa shape index (κ3) is 3.72. The molecule has 3 aromatic rings. The first-order valence-corrected chi connectivity index (χ1v) is 9.09. The fraction of sp³-hybridized carbons (Fsp3) is 0.333. The molecule has 140 valence electrons. The predicted molar refractivity (Wildman–Crippen MR) is 103 cm³/mol. The highest BCUT2D eigenvalue weighted by Crippen LogP contribution is 2.22. The zero-order chi connectivity index (χ0) is 19.0. The summed E-state index contributed by atoms with van der Waals surface area (Å²) in [4.78, 5) is 24.0. The largest absolute Gasteiger partial charge is 0.354 e. The van der Waals surface area contributed by atoms with E-state index in [4.69, 9.17) is 11.6 Å². The van der Waals surface area contributed by atoms with Crippen LogP contribution in [0.5, 0.6) is 0 Å². The smallest absolute Gasteiger partial charge is 0.290 e. The molecule has 0 N–H and O–H groups in total. The maximum atomic E-state index is 10.9. The molecule has 1 aliphatic heterocycles. The van der Waals surface area contributed by atoms with Gasteiger partial charge in [0.25, 0.3) is 5.69 Å². The van der Waals surface area contributed by atoms with Crippen molar-refractivity contribution >= 4 is 28.8 Å². The molecule has 0 amide bonds. The highest BCUT2D eigenvalue weighted by molar-refractivity contribution is 6.30. The van der Waals surface area contributed by atoms with Crippen LogP contribution in [0.2, 0.25) is 5.02 Å². The van der Waals surface area contributed by atoms with Crippen molar-refractivity contribution < 1.29 is 4.92 Å². The van der Waals surface area contributed by atoms with Gasteiger partial charge in [0.15, 0.2) is 0 Å². The Morgan fingerprint density at radius 3 is 2.70 bits per heavy atom. The van der Waals surface area contributed by atoms with Gasteiger partial charge in [0.1, 0.15) is 17.7 Å². The number of hydrogen-bond acceptors (Lipinski definition) is 6. The van der Waals surface area contributed by atoms with Gasteiger partial charge in [-0.3, -0.25) is 15.0 Å². The highest BCUT2D eigenvalue weighted by atomic mass is 35.5. The van der Waals surface area contributed by atoms with Crippen LogP contribution in [-0.4, -0.2) is 50.4 Å². The van der Waals surface area contributed by atoms with Gasteiger partial charge in [0.05, 0.1) is 15.6 Å². The van der Waals surface area contributed by atoms with Crippen LogP contribution in [0.1, 0.15) is 11.3 Å². The third-order valence-corrected chi connectivity index (χ3v) is 5.04. The Kier molecular flexibility index (Phi) is 4.67. The zero-order valence-corrected chi connectivity index (χ0v) is 15.6. The van der Waals surface area contributed by atoms with E-state index in [0.717, 1.165) is 49.9 Å². The molecule has 0 radical (unpaired) electrons. The molecule has 3 aromatic heterocycles. The van der Waals surface area contributed by atoms with Crippen LogP contribution in [0.15, 0.2) is 36.8 Å². The SMILES string of the molecule is Cc1cc(N2CCN(Cc3cn4cc(Cl)ccc4n3)CC2)ncc1[N+](=O)[O-]. The van der Waals surface area contributed by atoms with E-state index in [2.05, 4.69) is 19.8 Å². The highest BCUT2D eigenvalue weighted by Gasteiger charge is 2.21. The number of aromatic nitrogens is 3. The van der Waals surface area contributed by atoms with E-state index in [9.17, 15) is 10.1 Å². The lowest BCUT2D eigenvalue weighted by Crippen LogP contribution is -2.46. The number of pyridine rings is 2. The monoisotopic (exact) mass is 386 g/mol. The Morgan fingerprint density at radius 2 is 2.00 bits per heavy atom. The summed E-state index contributed by atoms with van der Waals surface area (Å²) in [5.41, 5.74) is 2.59. The van der Waals surface area contributed by atoms with Gasteiger partial charge < -0.3 is 9.30 Å². The maximum Gasteiger partial charge on any atom is 0.290 e. The number of fused-ring (bicyclic) bond motifs is 1. The second kappa shape index (κ2) is 7.13. The molecule has 0 bridgehead atoms. The maximum absolute atomic E-state index is 10.9. The Morgan fingerprint density at radius 1 is 1.22 bits per heavy atom. The summed E-state index contributed by atoms with van der Waals surface area (Å²) >= 11 is 6.02. The predicted octanol–water partition coefficient (Wildman–Crippen LogP) is 2.92. The molecule has 27 heavy (non-hydrogen) atoms. The Hall–Kier alpha value is -2.71. The first-order chi connectivity index (χ1) is 13.0. The van der Waals surface area contributed by atoms with Crippen molar-refractivity contribution in [1.29, 1.82) is 0 Å². The topological polar surface area (TPSA) is 79.8 Å². The van der Waals surface area contributed by atoms with Crippen LogP contribution < -0.4 is 4.90 Å². The molecule has 1 fully saturated rings.